The van der Waals surface area contributed by atoms with E-state index < -0.39 is 0 Å². The summed E-state index contributed by atoms with van der Waals surface area (Å²) in [6.07, 6.45) is 4.37. The van der Waals surface area contributed by atoms with E-state index in [-0.39, 0.29) is 0 Å². The second-order valence-electron chi connectivity index (χ2n) is 9.08. The molecule has 6 rings (SSSR count). The third-order valence-corrected chi connectivity index (χ3v) is 6.71. The van der Waals surface area contributed by atoms with Crippen LogP contribution in [0.15, 0.2) is 127 Å². The second-order valence-corrected chi connectivity index (χ2v) is 9.08. The van der Waals surface area contributed by atoms with Gasteiger partial charge < -0.3 is 0 Å². The molecule has 0 radical (unpaired) electrons. The Balaban J connectivity index is 1.59. The van der Waals surface area contributed by atoms with Crippen molar-refractivity contribution < 1.29 is 0 Å². The number of benzene rings is 6. The number of hydrogen-bond donors (Lipinski definition) is 0. The first-order valence-electron chi connectivity index (χ1n) is 12.1. The van der Waals surface area contributed by atoms with Crippen LogP contribution < -0.4 is 0 Å². The van der Waals surface area contributed by atoms with E-state index in [0.29, 0.717) is 0 Å². The van der Waals surface area contributed by atoms with Gasteiger partial charge in [0.05, 0.1) is 0 Å². The Labute approximate surface area is 206 Å². The highest BCUT2D eigenvalue weighted by Gasteiger charge is 2.16. The van der Waals surface area contributed by atoms with Gasteiger partial charge in [0.1, 0.15) is 0 Å². The van der Waals surface area contributed by atoms with Gasteiger partial charge in [0, 0.05) is 0 Å². The van der Waals surface area contributed by atoms with Crippen LogP contribution in [0.4, 0.5) is 0 Å². The van der Waals surface area contributed by atoms with Crippen molar-refractivity contribution in [3.8, 4) is 22.3 Å². The number of rotatable bonds is 4. The molecule has 0 saturated heterocycles. The zero-order valence-electron chi connectivity index (χ0n) is 19.8. The van der Waals surface area contributed by atoms with Gasteiger partial charge in [-0.05, 0) is 67.9 Å². The van der Waals surface area contributed by atoms with E-state index in [9.17, 15) is 0 Å². The summed E-state index contributed by atoms with van der Waals surface area (Å²) in [6.45, 7) is 2.14. The molecule has 0 fully saturated rings. The molecule has 0 amide bonds. The van der Waals surface area contributed by atoms with Gasteiger partial charge in [-0.1, -0.05) is 139 Å². The van der Waals surface area contributed by atoms with Gasteiger partial charge in [0.2, 0.25) is 0 Å². The zero-order valence-corrected chi connectivity index (χ0v) is 19.8. The van der Waals surface area contributed by atoms with Crippen molar-refractivity contribution in [1.82, 2.24) is 0 Å². The fraction of sp³-hybridized carbons (Fsp3) is 0.0286. The largest absolute Gasteiger partial charge is 0.0622 e. The van der Waals surface area contributed by atoms with Crippen LogP contribution in [0.25, 0.3) is 56.0 Å². The molecule has 0 aliphatic carbocycles. The SMILES string of the molecule is Cc1ccc(-c2c3ccccc3c(-c3cccc(/C=C/c4ccccc4)c3)c3ccccc23)cc1. The van der Waals surface area contributed by atoms with Crippen molar-refractivity contribution >= 4 is 33.7 Å². The molecule has 0 spiro atoms. The normalized spacial score (nSPS) is 11.5. The van der Waals surface area contributed by atoms with Gasteiger partial charge in [-0.25, -0.2) is 0 Å². The minimum atomic E-state index is 1.20. The summed E-state index contributed by atoms with van der Waals surface area (Å²) < 4.78 is 0. The van der Waals surface area contributed by atoms with E-state index in [1.54, 1.807) is 0 Å². The summed E-state index contributed by atoms with van der Waals surface area (Å²) >= 11 is 0. The summed E-state index contributed by atoms with van der Waals surface area (Å²) in [6, 6.07) is 45.9. The molecule has 0 nitrogen and oxygen atoms in total. The van der Waals surface area contributed by atoms with Crippen molar-refractivity contribution in [2.75, 3.05) is 0 Å². The van der Waals surface area contributed by atoms with Gasteiger partial charge in [0.25, 0.3) is 0 Å². The van der Waals surface area contributed by atoms with Gasteiger partial charge in [-0.3, -0.25) is 0 Å². The Morgan fingerprint density at radius 3 is 1.49 bits per heavy atom. The van der Waals surface area contributed by atoms with Crippen molar-refractivity contribution in [2.45, 2.75) is 6.92 Å². The molecule has 166 valence electrons. The highest BCUT2D eigenvalue weighted by Crippen LogP contribution is 2.43. The van der Waals surface area contributed by atoms with Crippen LogP contribution in [-0.4, -0.2) is 0 Å². The lowest BCUT2D eigenvalue weighted by atomic mass is 9.85. The van der Waals surface area contributed by atoms with Crippen LogP contribution in [0.5, 0.6) is 0 Å². The molecule has 6 aromatic carbocycles. The van der Waals surface area contributed by atoms with Crippen molar-refractivity contribution in [3.05, 3.63) is 144 Å². The molecule has 0 heteroatoms. The summed E-state index contributed by atoms with van der Waals surface area (Å²) in [5, 5.41) is 5.14. The first kappa shape index (κ1) is 21.1. The highest BCUT2D eigenvalue weighted by atomic mass is 14.2. The molecule has 0 atom stereocenters. The zero-order chi connectivity index (χ0) is 23.6. The average Bonchev–Trinajstić information content (AvgIpc) is 2.92. The molecule has 0 aliphatic heterocycles. The molecule has 6 aromatic rings. The first-order valence-corrected chi connectivity index (χ1v) is 12.1. The maximum absolute atomic E-state index is 2.30. The van der Waals surface area contributed by atoms with E-state index in [0.717, 1.165) is 0 Å². The van der Waals surface area contributed by atoms with Gasteiger partial charge in [-0.2, -0.15) is 0 Å². The Kier molecular flexibility index (Phi) is 5.48. The standard InChI is InChI=1S/C35H26/c1-25-18-22-28(23-19-25)34-30-14-5-7-16-32(30)35(33-17-8-6-15-31(33)34)29-13-9-12-27(24-29)21-20-26-10-3-2-4-11-26/h2-24H,1H3/b21-20+. The fourth-order valence-electron chi connectivity index (χ4n) is 5.03. The van der Waals surface area contributed by atoms with Crippen LogP contribution in [-0.2, 0) is 0 Å². The van der Waals surface area contributed by atoms with Crippen LogP contribution in [0.3, 0.4) is 0 Å². The summed E-state index contributed by atoms with van der Waals surface area (Å²) in [4.78, 5) is 0. The van der Waals surface area contributed by atoms with Gasteiger partial charge >= 0.3 is 0 Å². The minimum absolute atomic E-state index is 1.20. The third-order valence-electron chi connectivity index (χ3n) is 6.71. The molecule has 0 heterocycles. The predicted octanol–water partition coefficient (Wildman–Crippen LogP) is 9.81. The van der Waals surface area contributed by atoms with Crippen molar-refractivity contribution in [3.63, 3.8) is 0 Å². The van der Waals surface area contributed by atoms with Crippen LogP contribution in [0, 0.1) is 6.92 Å². The topological polar surface area (TPSA) is 0 Å². The molecule has 35 heavy (non-hydrogen) atoms. The van der Waals surface area contributed by atoms with E-state index >= 15 is 0 Å². The summed E-state index contributed by atoms with van der Waals surface area (Å²) in [7, 11) is 0. The first-order chi connectivity index (χ1) is 17.3. The van der Waals surface area contributed by atoms with Crippen LogP contribution >= 0.6 is 0 Å². The molecule has 0 aliphatic rings. The second kappa shape index (κ2) is 9.08. The van der Waals surface area contributed by atoms with Crippen molar-refractivity contribution in [2.24, 2.45) is 0 Å². The van der Waals surface area contributed by atoms with E-state index in [1.807, 2.05) is 0 Å². The van der Waals surface area contributed by atoms with Crippen molar-refractivity contribution in [1.29, 1.82) is 0 Å². The Morgan fingerprint density at radius 1 is 0.400 bits per heavy atom. The lowest BCUT2D eigenvalue weighted by molar-refractivity contribution is 1.47. The highest BCUT2D eigenvalue weighted by molar-refractivity contribution is 6.21. The maximum Gasteiger partial charge on any atom is -0.00262 e. The third kappa shape index (κ3) is 4.05. The van der Waals surface area contributed by atoms with E-state index in [4.69, 9.17) is 0 Å². The Bertz CT molecular complexity index is 1610. The number of hydrogen-bond acceptors (Lipinski definition) is 0. The molecule has 0 unspecified atom stereocenters. The minimum Gasteiger partial charge on any atom is -0.0622 e. The molecule has 0 bridgehead atoms. The Morgan fingerprint density at radius 2 is 0.886 bits per heavy atom. The summed E-state index contributed by atoms with van der Waals surface area (Å²) in [5.74, 6) is 0. The maximum atomic E-state index is 2.30. The lowest BCUT2D eigenvalue weighted by Gasteiger charge is -2.18. The fourth-order valence-corrected chi connectivity index (χ4v) is 5.03. The molecule has 0 N–H and O–H groups in total. The smallest absolute Gasteiger partial charge is 0.00262 e. The number of aryl methyl sites for hydroxylation is 1. The average molecular weight is 447 g/mol. The molecule has 0 aromatic heterocycles. The van der Waals surface area contributed by atoms with Gasteiger partial charge in [-0.15, -0.1) is 0 Å². The molecular weight excluding hydrogens is 420 g/mol. The summed E-state index contributed by atoms with van der Waals surface area (Å²) in [5.41, 5.74) is 8.77. The quantitative estimate of drug-likeness (QED) is 0.187. The van der Waals surface area contributed by atoms with E-state index in [2.05, 4.69) is 146 Å². The Hall–Kier alpha value is -4.42. The van der Waals surface area contributed by atoms with E-state index in [1.165, 1.54) is 60.5 Å². The lowest BCUT2D eigenvalue weighted by Crippen LogP contribution is -1.91. The monoisotopic (exact) mass is 446 g/mol. The van der Waals surface area contributed by atoms with Gasteiger partial charge in [0.15, 0.2) is 0 Å². The van der Waals surface area contributed by atoms with Crippen LogP contribution in [0.1, 0.15) is 16.7 Å². The number of fused-ring (bicyclic) bond motifs is 2. The molecule has 0 saturated carbocycles. The van der Waals surface area contributed by atoms with Crippen LogP contribution in [0.2, 0.25) is 0 Å². The molecular formula is C35H26. The predicted molar refractivity (Wildman–Crippen MR) is 152 cm³/mol.